The van der Waals surface area contributed by atoms with Crippen LogP contribution in [-0.2, 0) is 13.1 Å². The summed E-state index contributed by atoms with van der Waals surface area (Å²) in [7, 11) is 4.30. The van der Waals surface area contributed by atoms with E-state index in [-0.39, 0.29) is 17.8 Å². The Labute approximate surface area is 150 Å². The predicted octanol–water partition coefficient (Wildman–Crippen LogP) is -2.13. The highest BCUT2D eigenvalue weighted by Crippen LogP contribution is 2.22. The van der Waals surface area contributed by atoms with Gasteiger partial charge in [-0.2, -0.15) is 0 Å². The highest BCUT2D eigenvalue weighted by Gasteiger charge is 2.24. The number of aryl methyl sites for hydroxylation is 1. The molecule has 0 saturated carbocycles. The number of quaternary nitrogens is 1. The maximum Gasteiger partial charge on any atom is 0.203 e. The van der Waals surface area contributed by atoms with Gasteiger partial charge in [0.15, 0.2) is 0 Å². The van der Waals surface area contributed by atoms with Crippen LogP contribution >= 0.6 is 0 Å². The molecule has 0 spiro atoms. The van der Waals surface area contributed by atoms with Crippen molar-refractivity contribution in [2.75, 3.05) is 20.6 Å². The number of fused-ring (bicyclic) bond motifs is 1. The van der Waals surface area contributed by atoms with Crippen LogP contribution in [-0.4, -0.2) is 41.0 Å². The molecule has 5 nitrogen and oxygen atoms in total. The van der Waals surface area contributed by atoms with E-state index in [2.05, 4.69) is 24.7 Å². The molecule has 2 rings (SSSR count). The highest BCUT2D eigenvalue weighted by atomic mass is 35.5. The Morgan fingerprint density at radius 2 is 1.67 bits per heavy atom. The molecule has 0 bridgehead atoms. The van der Waals surface area contributed by atoms with Crippen molar-refractivity contribution in [2.45, 2.75) is 46.4 Å². The van der Waals surface area contributed by atoms with E-state index in [0.29, 0.717) is 12.2 Å². The third kappa shape index (κ3) is 4.62. The Bertz CT molecular complexity index is 712. The second kappa shape index (κ2) is 8.19. The highest BCUT2D eigenvalue weighted by molar-refractivity contribution is 5.75. The van der Waals surface area contributed by atoms with Gasteiger partial charge in [-0.15, -0.1) is 0 Å². The predicted molar refractivity (Wildman–Crippen MR) is 93.5 cm³/mol. The number of aromatic nitrogens is 2. The van der Waals surface area contributed by atoms with Crippen molar-refractivity contribution in [3.63, 3.8) is 0 Å². The van der Waals surface area contributed by atoms with Crippen LogP contribution in [0.15, 0.2) is 24.3 Å². The minimum atomic E-state index is -0.484. The SMILES string of the molecule is C[NH+](C)CCCn1c(=N)n(CC(O)C(C)(C)C)c2ccccc21.[Cl-]. The zero-order chi connectivity index (χ0) is 17.2. The van der Waals surface area contributed by atoms with Crippen molar-refractivity contribution in [3.8, 4) is 0 Å². The van der Waals surface area contributed by atoms with Gasteiger partial charge in [-0.3, -0.25) is 5.41 Å². The van der Waals surface area contributed by atoms with Gasteiger partial charge in [0.05, 0.1) is 44.3 Å². The van der Waals surface area contributed by atoms with Crippen LogP contribution in [0.5, 0.6) is 0 Å². The molecular weight excluding hydrogens is 324 g/mol. The smallest absolute Gasteiger partial charge is 0.203 e. The molecule has 3 N–H and O–H groups in total. The van der Waals surface area contributed by atoms with Crippen molar-refractivity contribution in [1.29, 1.82) is 5.41 Å². The molecule has 1 atom stereocenters. The number of halogens is 1. The third-order valence-electron chi connectivity index (χ3n) is 4.39. The van der Waals surface area contributed by atoms with E-state index in [9.17, 15) is 5.11 Å². The summed E-state index contributed by atoms with van der Waals surface area (Å²) in [6.45, 7) is 8.46. The summed E-state index contributed by atoms with van der Waals surface area (Å²) < 4.78 is 4.00. The van der Waals surface area contributed by atoms with Crippen LogP contribution in [0.2, 0.25) is 0 Å². The number of para-hydroxylation sites is 2. The van der Waals surface area contributed by atoms with E-state index in [0.717, 1.165) is 30.5 Å². The van der Waals surface area contributed by atoms with E-state index in [1.165, 1.54) is 4.90 Å². The average Bonchev–Trinajstić information content (AvgIpc) is 2.71. The van der Waals surface area contributed by atoms with Crippen molar-refractivity contribution in [1.82, 2.24) is 9.13 Å². The molecule has 6 heteroatoms. The molecule has 0 saturated heterocycles. The summed E-state index contributed by atoms with van der Waals surface area (Å²) >= 11 is 0. The number of benzene rings is 1. The van der Waals surface area contributed by atoms with Gasteiger partial charge < -0.3 is 31.5 Å². The molecule has 0 radical (unpaired) electrons. The zero-order valence-electron chi connectivity index (χ0n) is 15.4. The first-order valence-electron chi connectivity index (χ1n) is 8.41. The van der Waals surface area contributed by atoms with E-state index < -0.39 is 6.10 Å². The van der Waals surface area contributed by atoms with Gasteiger partial charge in [0, 0.05) is 13.0 Å². The lowest BCUT2D eigenvalue weighted by molar-refractivity contribution is -0.858. The van der Waals surface area contributed by atoms with E-state index in [4.69, 9.17) is 5.41 Å². The number of nitrogens with one attached hydrogen (secondary N) is 2. The lowest BCUT2D eigenvalue weighted by atomic mass is 9.89. The van der Waals surface area contributed by atoms with Crippen LogP contribution in [0.3, 0.4) is 0 Å². The van der Waals surface area contributed by atoms with Gasteiger partial charge in [-0.1, -0.05) is 32.9 Å². The summed E-state index contributed by atoms with van der Waals surface area (Å²) in [5.41, 5.74) is 2.38. The van der Waals surface area contributed by atoms with Gasteiger partial charge in [-0.05, 0) is 17.5 Å². The topological polar surface area (TPSA) is 58.4 Å². The second-order valence-electron chi connectivity index (χ2n) is 7.77. The van der Waals surface area contributed by atoms with Crippen LogP contribution < -0.4 is 22.9 Å². The van der Waals surface area contributed by atoms with E-state index >= 15 is 0 Å². The number of imidazole rings is 1. The van der Waals surface area contributed by atoms with Gasteiger partial charge in [0.25, 0.3) is 0 Å². The number of rotatable bonds is 6. The number of nitrogens with zero attached hydrogens (tertiary/aromatic N) is 2. The summed E-state index contributed by atoms with van der Waals surface area (Å²) in [6, 6.07) is 8.11. The molecule has 1 aromatic heterocycles. The summed E-state index contributed by atoms with van der Waals surface area (Å²) in [5.74, 6) is 0. The van der Waals surface area contributed by atoms with Crippen LogP contribution in [0.4, 0.5) is 0 Å². The van der Waals surface area contributed by atoms with Gasteiger partial charge >= 0.3 is 0 Å². The average molecular weight is 355 g/mol. The Morgan fingerprint density at radius 1 is 1.12 bits per heavy atom. The molecule has 0 fully saturated rings. The number of aliphatic hydroxyl groups is 1. The van der Waals surface area contributed by atoms with Crippen molar-refractivity contribution in [3.05, 3.63) is 29.9 Å². The summed E-state index contributed by atoms with van der Waals surface area (Å²) in [4.78, 5) is 1.42. The fraction of sp³-hybridized carbons (Fsp3) is 0.611. The molecule has 0 aliphatic rings. The van der Waals surface area contributed by atoms with Gasteiger partial charge in [0.1, 0.15) is 0 Å². The molecular formula is C18H31ClN4O. The molecule has 0 aliphatic carbocycles. The largest absolute Gasteiger partial charge is 1.00 e. The van der Waals surface area contributed by atoms with Crippen molar-refractivity contribution >= 4 is 11.0 Å². The normalized spacial score (nSPS) is 13.3. The zero-order valence-corrected chi connectivity index (χ0v) is 16.2. The first kappa shape index (κ1) is 20.7. The number of aliphatic hydroxyl groups excluding tert-OH is 1. The van der Waals surface area contributed by atoms with E-state index in [1.807, 2.05) is 43.5 Å². The van der Waals surface area contributed by atoms with Gasteiger partial charge in [-0.25, -0.2) is 0 Å². The number of hydrogen-bond acceptors (Lipinski definition) is 2. The first-order chi connectivity index (χ1) is 10.7. The standard InChI is InChI=1S/C18H30N4O.ClH/c1-18(2,3)16(23)13-22-15-10-7-6-9-14(15)21(17(22)19)12-8-11-20(4)5;/h6-7,9-10,16,19,23H,8,11-13H2,1-5H3;1H. The second-order valence-corrected chi connectivity index (χ2v) is 7.77. The molecule has 0 aliphatic heterocycles. The Balaban J connectivity index is 0.00000288. The van der Waals surface area contributed by atoms with Crippen LogP contribution in [0, 0.1) is 10.8 Å². The molecule has 1 unspecified atom stereocenters. The maximum atomic E-state index is 10.5. The lowest BCUT2D eigenvalue weighted by Crippen LogP contribution is -3.05. The van der Waals surface area contributed by atoms with Crippen LogP contribution in [0.25, 0.3) is 11.0 Å². The molecule has 1 heterocycles. The van der Waals surface area contributed by atoms with Gasteiger partial charge in [0.2, 0.25) is 5.62 Å². The quantitative estimate of drug-likeness (QED) is 0.545. The number of hydrogen-bond donors (Lipinski definition) is 3. The fourth-order valence-corrected chi connectivity index (χ4v) is 2.74. The minimum absolute atomic E-state index is 0. The molecule has 1 aromatic carbocycles. The molecule has 0 amide bonds. The third-order valence-corrected chi connectivity index (χ3v) is 4.39. The van der Waals surface area contributed by atoms with E-state index in [1.54, 1.807) is 0 Å². The molecule has 136 valence electrons. The van der Waals surface area contributed by atoms with Crippen molar-refractivity contribution < 1.29 is 22.4 Å². The Morgan fingerprint density at radius 3 is 2.17 bits per heavy atom. The van der Waals surface area contributed by atoms with Crippen molar-refractivity contribution in [2.24, 2.45) is 5.41 Å². The van der Waals surface area contributed by atoms with Crippen LogP contribution in [0.1, 0.15) is 27.2 Å². The Hall–Kier alpha value is -1.30. The monoisotopic (exact) mass is 354 g/mol. The lowest BCUT2D eigenvalue weighted by Gasteiger charge is -2.26. The fourth-order valence-electron chi connectivity index (χ4n) is 2.74. The Kier molecular flexibility index (Phi) is 7.08. The summed E-state index contributed by atoms with van der Waals surface area (Å²) in [5, 5.41) is 19.0. The minimum Gasteiger partial charge on any atom is -1.00 e. The first-order valence-corrected chi connectivity index (χ1v) is 8.41. The molecule has 2 aromatic rings. The summed E-state index contributed by atoms with van der Waals surface area (Å²) in [6.07, 6.45) is 0.552. The molecule has 24 heavy (non-hydrogen) atoms. The maximum absolute atomic E-state index is 10.5.